The number of carbonyl (C=O) groups excluding carboxylic acids is 2. The molecule has 0 saturated carbocycles. The Kier molecular flexibility index (Phi) is 8.11. The zero-order chi connectivity index (χ0) is 17.9. The van der Waals surface area contributed by atoms with Gasteiger partial charge in [-0.2, -0.15) is 0 Å². The number of benzene rings is 1. The van der Waals surface area contributed by atoms with Crippen molar-refractivity contribution in [2.75, 3.05) is 13.2 Å². The summed E-state index contributed by atoms with van der Waals surface area (Å²) < 4.78 is 20.4. The number of esters is 2. The lowest BCUT2D eigenvalue weighted by Gasteiger charge is -2.16. The number of hydrogen-bond donors (Lipinski definition) is 0. The molecule has 1 aromatic carbocycles. The highest BCUT2D eigenvalue weighted by Gasteiger charge is 2.22. The van der Waals surface area contributed by atoms with Gasteiger partial charge in [-0.05, 0) is 26.0 Å². The van der Waals surface area contributed by atoms with Gasteiger partial charge < -0.3 is 18.9 Å². The molecule has 0 heterocycles. The van der Waals surface area contributed by atoms with Gasteiger partial charge in [-0.3, -0.25) is 0 Å². The van der Waals surface area contributed by atoms with Gasteiger partial charge >= 0.3 is 11.9 Å². The van der Waals surface area contributed by atoms with Crippen LogP contribution in [0.25, 0.3) is 0 Å². The van der Waals surface area contributed by atoms with Crippen LogP contribution in [0, 0.1) is 0 Å². The molecule has 0 bridgehead atoms. The first-order chi connectivity index (χ1) is 11.5. The van der Waals surface area contributed by atoms with Crippen LogP contribution in [0.4, 0.5) is 0 Å². The molecule has 130 valence electrons. The van der Waals surface area contributed by atoms with E-state index in [1.807, 2.05) is 0 Å². The van der Waals surface area contributed by atoms with E-state index in [4.69, 9.17) is 18.9 Å². The Hall–Kier alpha value is -2.76. The zero-order valence-corrected chi connectivity index (χ0v) is 13.9. The molecule has 2 atom stereocenters. The van der Waals surface area contributed by atoms with Crippen molar-refractivity contribution in [1.82, 2.24) is 0 Å². The fourth-order valence-electron chi connectivity index (χ4n) is 1.81. The molecule has 1 rings (SSSR count). The SMILES string of the molecule is C=COCC(C)OC(=O)c1ccccc1C(=O)OC(C)COC=C. The van der Waals surface area contributed by atoms with Crippen LogP contribution in [0.1, 0.15) is 34.6 Å². The number of carbonyl (C=O) groups is 2. The van der Waals surface area contributed by atoms with Crippen molar-refractivity contribution in [2.45, 2.75) is 26.1 Å². The minimum Gasteiger partial charge on any atom is -0.498 e. The lowest BCUT2D eigenvalue weighted by atomic mass is 10.1. The lowest BCUT2D eigenvalue weighted by molar-refractivity contribution is 0.0132. The summed E-state index contributed by atoms with van der Waals surface area (Å²) in [5.41, 5.74) is 0.259. The molecule has 0 aliphatic rings. The number of rotatable bonds is 10. The van der Waals surface area contributed by atoms with Gasteiger partial charge in [0.2, 0.25) is 0 Å². The molecule has 0 aromatic heterocycles. The van der Waals surface area contributed by atoms with Crippen molar-refractivity contribution >= 4 is 11.9 Å². The van der Waals surface area contributed by atoms with Crippen molar-refractivity contribution in [2.24, 2.45) is 0 Å². The highest BCUT2D eigenvalue weighted by molar-refractivity contribution is 6.03. The minimum absolute atomic E-state index is 0.129. The Bertz CT molecular complexity index is 530. The predicted octanol–water partition coefficient (Wildman–Crippen LogP) is 3.10. The molecule has 6 heteroatoms. The molecule has 0 saturated heterocycles. The van der Waals surface area contributed by atoms with Gasteiger partial charge in [0, 0.05) is 0 Å². The van der Waals surface area contributed by atoms with E-state index in [0.717, 1.165) is 0 Å². The molecular weight excluding hydrogens is 312 g/mol. The largest absolute Gasteiger partial charge is 0.498 e. The summed E-state index contributed by atoms with van der Waals surface area (Å²) >= 11 is 0. The first-order valence-corrected chi connectivity index (χ1v) is 7.45. The Balaban J connectivity index is 2.79. The van der Waals surface area contributed by atoms with Crippen LogP contribution in [0.15, 0.2) is 49.9 Å². The molecule has 0 N–H and O–H groups in total. The van der Waals surface area contributed by atoms with Gasteiger partial charge in [0.1, 0.15) is 25.4 Å². The van der Waals surface area contributed by atoms with E-state index in [9.17, 15) is 9.59 Å². The molecule has 1 aromatic rings. The van der Waals surface area contributed by atoms with Crippen LogP contribution in [0.3, 0.4) is 0 Å². The molecule has 0 amide bonds. The maximum atomic E-state index is 12.3. The van der Waals surface area contributed by atoms with E-state index in [2.05, 4.69) is 13.2 Å². The van der Waals surface area contributed by atoms with Crippen molar-refractivity contribution < 1.29 is 28.5 Å². The highest BCUT2D eigenvalue weighted by Crippen LogP contribution is 2.14. The fourth-order valence-corrected chi connectivity index (χ4v) is 1.81. The predicted molar refractivity (Wildman–Crippen MR) is 88.5 cm³/mol. The van der Waals surface area contributed by atoms with Crippen molar-refractivity contribution in [3.8, 4) is 0 Å². The molecule has 24 heavy (non-hydrogen) atoms. The number of hydrogen-bond acceptors (Lipinski definition) is 6. The molecule has 0 fully saturated rings. The average Bonchev–Trinajstić information content (AvgIpc) is 2.57. The lowest BCUT2D eigenvalue weighted by Crippen LogP contribution is -2.24. The maximum absolute atomic E-state index is 12.3. The maximum Gasteiger partial charge on any atom is 0.339 e. The second-order valence-electron chi connectivity index (χ2n) is 4.98. The summed E-state index contributed by atoms with van der Waals surface area (Å²) in [5.74, 6) is -1.25. The third-order valence-electron chi connectivity index (χ3n) is 2.88. The van der Waals surface area contributed by atoms with Gasteiger partial charge in [0.05, 0.1) is 23.7 Å². The standard InChI is InChI=1S/C18H22O6/c1-5-21-11-13(3)23-17(19)15-9-7-8-10-16(15)18(20)24-14(4)12-22-6-2/h5-10,13-14H,1-2,11-12H2,3-4H3. The summed E-state index contributed by atoms with van der Waals surface area (Å²) in [6.45, 7) is 10.5. The Morgan fingerprint density at radius 3 is 1.62 bits per heavy atom. The Morgan fingerprint density at radius 1 is 0.917 bits per heavy atom. The monoisotopic (exact) mass is 334 g/mol. The second-order valence-corrected chi connectivity index (χ2v) is 4.98. The first kappa shape index (κ1) is 19.3. The molecular formula is C18H22O6. The summed E-state index contributed by atoms with van der Waals surface area (Å²) in [5, 5.41) is 0. The Labute approximate surface area is 141 Å². The van der Waals surface area contributed by atoms with Crippen molar-refractivity contribution in [3.05, 3.63) is 61.1 Å². The van der Waals surface area contributed by atoms with Gasteiger partial charge in [-0.15, -0.1) is 0 Å². The molecule has 6 nitrogen and oxygen atoms in total. The smallest absolute Gasteiger partial charge is 0.339 e. The fraction of sp³-hybridized carbons (Fsp3) is 0.333. The Morgan fingerprint density at radius 2 is 1.29 bits per heavy atom. The second kappa shape index (κ2) is 10.1. The minimum atomic E-state index is -0.627. The molecule has 0 radical (unpaired) electrons. The summed E-state index contributed by atoms with van der Waals surface area (Å²) in [7, 11) is 0. The van der Waals surface area contributed by atoms with Crippen molar-refractivity contribution in [1.29, 1.82) is 0 Å². The summed E-state index contributed by atoms with van der Waals surface area (Å²) in [6.07, 6.45) is 1.56. The van der Waals surface area contributed by atoms with Crippen LogP contribution >= 0.6 is 0 Å². The first-order valence-electron chi connectivity index (χ1n) is 7.45. The highest BCUT2D eigenvalue weighted by atomic mass is 16.6. The zero-order valence-electron chi connectivity index (χ0n) is 13.9. The third-order valence-corrected chi connectivity index (χ3v) is 2.88. The quantitative estimate of drug-likeness (QED) is 0.484. The van der Waals surface area contributed by atoms with E-state index in [-0.39, 0.29) is 24.3 Å². The van der Waals surface area contributed by atoms with Gasteiger partial charge in [0.15, 0.2) is 0 Å². The van der Waals surface area contributed by atoms with Gasteiger partial charge in [0.25, 0.3) is 0 Å². The van der Waals surface area contributed by atoms with Gasteiger partial charge in [-0.25, -0.2) is 9.59 Å². The third kappa shape index (κ3) is 6.16. The molecule has 0 spiro atoms. The molecule has 2 unspecified atom stereocenters. The van der Waals surface area contributed by atoms with Crippen LogP contribution in [-0.4, -0.2) is 37.4 Å². The van der Waals surface area contributed by atoms with Crippen LogP contribution in [0.2, 0.25) is 0 Å². The summed E-state index contributed by atoms with van der Waals surface area (Å²) in [4.78, 5) is 24.5. The van der Waals surface area contributed by atoms with Gasteiger partial charge in [-0.1, -0.05) is 25.3 Å². The van der Waals surface area contributed by atoms with E-state index in [0.29, 0.717) is 0 Å². The van der Waals surface area contributed by atoms with E-state index in [1.54, 1.807) is 26.0 Å². The van der Waals surface area contributed by atoms with Crippen LogP contribution < -0.4 is 0 Å². The average molecular weight is 334 g/mol. The topological polar surface area (TPSA) is 71.1 Å². The summed E-state index contributed by atoms with van der Waals surface area (Å²) in [6, 6.07) is 6.29. The molecule has 0 aliphatic carbocycles. The van der Waals surface area contributed by atoms with Crippen molar-refractivity contribution in [3.63, 3.8) is 0 Å². The normalized spacial score (nSPS) is 12.4. The van der Waals surface area contributed by atoms with E-state index in [1.165, 1.54) is 24.7 Å². The molecule has 0 aliphatic heterocycles. The van der Waals surface area contributed by atoms with Crippen LogP contribution in [-0.2, 0) is 18.9 Å². The van der Waals surface area contributed by atoms with E-state index >= 15 is 0 Å². The van der Waals surface area contributed by atoms with Crippen LogP contribution in [0.5, 0.6) is 0 Å². The number of ether oxygens (including phenoxy) is 4. The van der Waals surface area contributed by atoms with E-state index < -0.39 is 24.1 Å².